The molecule has 1 aromatic carbocycles. The lowest BCUT2D eigenvalue weighted by molar-refractivity contribution is -0.149. The van der Waals surface area contributed by atoms with E-state index in [1.165, 1.54) is 18.4 Å². The van der Waals surface area contributed by atoms with E-state index in [9.17, 15) is 9.59 Å². The highest BCUT2D eigenvalue weighted by molar-refractivity contribution is 7.11. The lowest BCUT2D eigenvalue weighted by Gasteiger charge is -2.20. The molecule has 1 aliphatic heterocycles. The average Bonchev–Trinajstić information content (AvgIpc) is 3.32. The van der Waals surface area contributed by atoms with Gasteiger partial charge in [0.15, 0.2) is 0 Å². The minimum Gasteiger partial charge on any atom is -0.497 e. The van der Waals surface area contributed by atoms with Gasteiger partial charge in [-0.2, -0.15) is 0 Å². The first-order valence-corrected chi connectivity index (χ1v) is 9.50. The van der Waals surface area contributed by atoms with Crippen molar-refractivity contribution in [3.8, 4) is 11.5 Å². The zero-order valence-electron chi connectivity index (χ0n) is 15.6. The quantitative estimate of drug-likeness (QED) is 0.677. The maximum atomic E-state index is 12.5. The molecule has 1 atom stereocenters. The molecule has 27 heavy (non-hydrogen) atoms. The molecule has 1 unspecified atom stereocenters. The van der Waals surface area contributed by atoms with Crippen molar-refractivity contribution in [2.45, 2.75) is 26.4 Å². The van der Waals surface area contributed by atoms with E-state index < -0.39 is 5.92 Å². The van der Waals surface area contributed by atoms with Crippen molar-refractivity contribution in [2.75, 3.05) is 25.7 Å². The fraction of sp³-hybridized carbons (Fsp3) is 0.421. The molecule has 1 saturated heterocycles. The van der Waals surface area contributed by atoms with Crippen LogP contribution < -0.4 is 14.4 Å². The van der Waals surface area contributed by atoms with E-state index in [0.717, 1.165) is 16.3 Å². The number of carbonyl (C=O) groups excluding carboxylic acids is 2. The zero-order valence-corrected chi connectivity index (χ0v) is 16.4. The first kappa shape index (κ1) is 19.2. The lowest BCUT2D eigenvalue weighted by Crippen LogP contribution is -2.26. The molecule has 0 N–H and O–H groups in total. The Morgan fingerprint density at radius 3 is 2.81 bits per heavy atom. The Balaban J connectivity index is 1.65. The molecule has 1 aliphatic rings. The second-order valence-corrected chi connectivity index (χ2v) is 7.32. The molecular formula is C19H22N2O5S. The molecule has 0 spiro atoms. The molecule has 3 rings (SSSR count). The number of carbonyl (C=O) groups is 2. The van der Waals surface area contributed by atoms with Crippen molar-refractivity contribution < 1.29 is 23.8 Å². The normalized spacial score (nSPS) is 16.5. The van der Waals surface area contributed by atoms with Gasteiger partial charge in [0.2, 0.25) is 5.91 Å². The number of rotatable bonds is 7. The summed E-state index contributed by atoms with van der Waals surface area (Å²) < 4.78 is 15.9. The molecule has 0 saturated carbocycles. The summed E-state index contributed by atoms with van der Waals surface area (Å²) >= 11 is 1.53. The summed E-state index contributed by atoms with van der Waals surface area (Å²) in [5, 5.41) is 1.01. The van der Waals surface area contributed by atoms with Gasteiger partial charge in [-0.15, -0.1) is 11.3 Å². The summed E-state index contributed by atoms with van der Waals surface area (Å²) in [6.45, 7) is 2.48. The van der Waals surface area contributed by atoms with Crippen molar-refractivity contribution in [3.63, 3.8) is 0 Å². The van der Waals surface area contributed by atoms with Gasteiger partial charge in [-0.05, 0) is 18.6 Å². The number of aryl methyl sites for hydroxylation is 1. The Bertz CT molecular complexity index is 835. The van der Waals surface area contributed by atoms with E-state index >= 15 is 0 Å². The summed E-state index contributed by atoms with van der Waals surface area (Å²) in [4.78, 5) is 31.6. The van der Waals surface area contributed by atoms with E-state index in [4.69, 9.17) is 14.2 Å². The highest BCUT2D eigenvalue weighted by Gasteiger charge is 2.37. The van der Waals surface area contributed by atoms with E-state index in [0.29, 0.717) is 17.2 Å². The first-order chi connectivity index (χ1) is 13.0. The van der Waals surface area contributed by atoms with Crippen LogP contribution in [0, 0.1) is 5.92 Å². The van der Waals surface area contributed by atoms with Crippen LogP contribution in [0.2, 0.25) is 0 Å². The molecule has 0 radical (unpaired) electrons. The molecule has 144 valence electrons. The number of amides is 1. The number of aromatic nitrogens is 1. The molecule has 2 aromatic rings. The highest BCUT2D eigenvalue weighted by atomic mass is 32.1. The van der Waals surface area contributed by atoms with Gasteiger partial charge in [-0.3, -0.25) is 9.59 Å². The van der Waals surface area contributed by atoms with Crippen LogP contribution in [0.5, 0.6) is 11.5 Å². The Labute approximate surface area is 161 Å². The number of hydrogen-bond donors (Lipinski definition) is 0. The number of ether oxygens (including phenoxy) is 3. The number of anilines is 1. The number of esters is 1. The van der Waals surface area contributed by atoms with Gasteiger partial charge in [0.1, 0.15) is 18.1 Å². The van der Waals surface area contributed by atoms with Gasteiger partial charge in [0, 0.05) is 25.2 Å². The minimum atomic E-state index is -0.497. The molecule has 0 bridgehead atoms. The van der Waals surface area contributed by atoms with Crippen molar-refractivity contribution in [2.24, 2.45) is 5.92 Å². The Morgan fingerprint density at radius 1 is 1.33 bits per heavy atom. The molecule has 1 amide bonds. The SMILES string of the molecule is CCc1ncc(COC(=O)C2CC(=O)N(c3ccc(OC)cc3OC)C2)s1. The number of nitrogens with zero attached hydrogens (tertiary/aromatic N) is 2. The van der Waals surface area contributed by atoms with Crippen LogP contribution in [-0.4, -0.2) is 37.6 Å². The summed E-state index contributed by atoms with van der Waals surface area (Å²) in [6.07, 6.45) is 2.70. The predicted octanol–water partition coefficient (Wildman–Crippen LogP) is 2.82. The summed E-state index contributed by atoms with van der Waals surface area (Å²) in [6, 6.07) is 5.22. The van der Waals surface area contributed by atoms with Crippen LogP contribution in [0.3, 0.4) is 0 Å². The topological polar surface area (TPSA) is 78.0 Å². The van der Waals surface area contributed by atoms with Crippen LogP contribution in [0.15, 0.2) is 24.4 Å². The van der Waals surface area contributed by atoms with E-state index in [-0.39, 0.29) is 31.4 Å². The second-order valence-electron chi connectivity index (χ2n) is 6.12. The number of benzene rings is 1. The average molecular weight is 390 g/mol. The van der Waals surface area contributed by atoms with Crippen molar-refractivity contribution >= 4 is 28.9 Å². The molecule has 8 heteroatoms. The Morgan fingerprint density at radius 2 is 2.15 bits per heavy atom. The fourth-order valence-corrected chi connectivity index (χ4v) is 3.72. The van der Waals surface area contributed by atoms with Gasteiger partial charge < -0.3 is 19.1 Å². The fourth-order valence-electron chi connectivity index (χ4n) is 2.94. The molecule has 2 heterocycles. The van der Waals surface area contributed by atoms with Crippen LogP contribution in [0.1, 0.15) is 23.2 Å². The minimum absolute atomic E-state index is 0.122. The van der Waals surface area contributed by atoms with Crippen LogP contribution in [-0.2, 0) is 27.4 Å². The van der Waals surface area contributed by atoms with Gasteiger partial charge in [-0.1, -0.05) is 6.92 Å². The Kier molecular flexibility index (Phi) is 5.95. The molecule has 0 aliphatic carbocycles. The predicted molar refractivity (Wildman–Crippen MR) is 101 cm³/mol. The maximum absolute atomic E-state index is 12.5. The first-order valence-electron chi connectivity index (χ1n) is 8.68. The van der Waals surface area contributed by atoms with Crippen LogP contribution in [0.25, 0.3) is 0 Å². The van der Waals surface area contributed by atoms with Gasteiger partial charge in [0.25, 0.3) is 0 Å². The lowest BCUT2D eigenvalue weighted by atomic mass is 10.1. The third kappa shape index (κ3) is 4.21. The summed E-state index contributed by atoms with van der Waals surface area (Å²) in [7, 11) is 3.10. The molecule has 1 fully saturated rings. The van der Waals surface area contributed by atoms with Crippen molar-refractivity contribution in [1.82, 2.24) is 4.98 Å². The maximum Gasteiger partial charge on any atom is 0.311 e. The van der Waals surface area contributed by atoms with E-state index in [2.05, 4.69) is 4.98 Å². The number of thiazole rings is 1. The summed E-state index contributed by atoms with van der Waals surface area (Å²) in [5.41, 5.74) is 0.619. The number of hydrogen-bond acceptors (Lipinski definition) is 7. The Hall–Kier alpha value is -2.61. The standard InChI is InChI=1S/C19H22N2O5S/c1-4-17-20-9-14(27-17)11-26-19(23)12-7-18(22)21(10-12)15-6-5-13(24-2)8-16(15)25-3/h5-6,8-9,12H,4,7,10-11H2,1-3H3. The molecule has 1 aromatic heterocycles. The monoisotopic (exact) mass is 390 g/mol. The van der Waals surface area contributed by atoms with Crippen LogP contribution in [0.4, 0.5) is 5.69 Å². The van der Waals surface area contributed by atoms with Gasteiger partial charge >= 0.3 is 5.97 Å². The van der Waals surface area contributed by atoms with Crippen LogP contribution >= 0.6 is 11.3 Å². The highest BCUT2D eigenvalue weighted by Crippen LogP contribution is 2.36. The zero-order chi connectivity index (χ0) is 19.4. The van der Waals surface area contributed by atoms with Gasteiger partial charge in [-0.25, -0.2) is 4.98 Å². The van der Waals surface area contributed by atoms with E-state index in [1.807, 2.05) is 6.92 Å². The van der Waals surface area contributed by atoms with Gasteiger partial charge in [0.05, 0.1) is 35.7 Å². The third-order valence-corrected chi connectivity index (χ3v) is 5.51. The van der Waals surface area contributed by atoms with Crippen molar-refractivity contribution in [1.29, 1.82) is 0 Å². The third-order valence-electron chi connectivity index (χ3n) is 4.40. The second kappa shape index (κ2) is 8.39. The summed E-state index contributed by atoms with van der Waals surface area (Å²) in [5.74, 6) is 0.154. The smallest absolute Gasteiger partial charge is 0.311 e. The molecule has 7 nitrogen and oxygen atoms in total. The number of methoxy groups -OCH3 is 2. The van der Waals surface area contributed by atoms with Crippen molar-refractivity contribution in [3.05, 3.63) is 34.3 Å². The largest absolute Gasteiger partial charge is 0.497 e. The van der Waals surface area contributed by atoms with E-state index in [1.54, 1.807) is 36.4 Å². The molecular weight excluding hydrogens is 368 g/mol.